The van der Waals surface area contributed by atoms with Gasteiger partial charge in [-0.1, -0.05) is 12.1 Å². The topological polar surface area (TPSA) is 98.5 Å². The normalized spacial score (nSPS) is 10.8. The molecule has 0 aliphatic carbocycles. The Bertz CT molecular complexity index is 795. The number of benzene rings is 2. The van der Waals surface area contributed by atoms with Gasteiger partial charge in [0.1, 0.15) is 5.54 Å². The lowest BCUT2D eigenvalue weighted by Crippen LogP contribution is -2.50. The summed E-state index contributed by atoms with van der Waals surface area (Å²) in [7, 11) is 1.26. The molecule has 1 N–H and O–H groups in total. The van der Waals surface area contributed by atoms with E-state index in [0.29, 0.717) is 5.56 Å². The number of hydrogen-bond acceptors (Lipinski definition) is 5. The Labute approximate surface area is 144 Å². The Balaban J connectivity index is 2.15. The zero-order chi connectivity index (χ0) is 18.6. The van der Waals surface area contributed by atoms with E-state index in [1.165, 1.54) is 19.2 Å². The molecule has 7 nitrogen and oxygen atoms in total. The van der Waals surface area contributed by atoms with Crippen LogP contribution in [0.3, 0.4) is 0 Å². The van der Waals surface area contributed by atoms with Gasteiger partial charge < -0.3 is 10.1 Å². The Hall–Kier alpha value is -3.22. The summed E-state index contributed by atoms with van der Waals surface area (Å²) >= 11 is 0. The van der Waals surface area contributed by atoms with E-state index in [9.17, 15) is 19.7 Å². The second-order valence-corrected chi connectivity index (χ2v) is 5.95. The number of hydrogen-bond donors (Lipinski definition) is 1. The molecule has 0 aromatic heterocycles. The van der Waals surface area contributed by atoms with Crippen molar-refractivity contribution in [2.45, 2.75) is 19.4 Å². The van der Waals surface area contributed by atoms with Gasteiger partial charge in [-0.3, -0.25) is 14.9 Å². The average Bonchev–Trinajstić information content (AvgIpc) is 2.60. The van der Waals surface area contributed by atoms with Gasteiger partial charge in [0.2, 0.25) is 0 Å². The third-order valence-electron chi connectivity index (χ3n) is 3.68. The van der Waals surface area contributed by atoms with Crippen LogP contribution in [0.5, 0.6) is 0 Å². The number of methoxy groups -OCH3 is 1. The molecule has 25 heavy (non-hydrogen) atoms. The molecule has 0 aliphatic rings. The highest BCUT2D eigenvalue weighted by Crippen LogP contribution is 2.23. The van der Waals surface area contributed by atoms with Gasteiger partial charge >= 0.3 is 5.97 Å². The number of non-ortho nitro benzene ring substituents is 1. The van der Waals surface area contributed by atoms with Crippen molar-refractivity contribution in [1.82, 2.24) is 5.32 Å². The van der Waals surface area contributed by atoms with Crippen molar-refractivity contribution < 1.29 is 19.2 Å². The monoisotopic (exact) mass is 342 g/mol. The van der Waals surface area contributed by atoms with Gasteiger partial charge in [0.05, 0.1) is 12.0 Å². The van der Waals surface area contributed by atoms with Gasteiger partial charge in [-0.05, 0) is 49.2 Å². The number of nitrogens with zero attached hydrogens (tertiary/aromatic N) is 1. The van der Waals surface area contributed by atoms with Crippen LogP contribution in [-0.2, 0) is 9.53 Å². The summed E-state index contributed by atoms with van der Waals surface area (Å²) in [4.78, 5) is 34.1. The highest BCUT2D eigenvalue weighted by Gasteiger charge is 2.30. The van der Waals surface area contributed by atoms with Crippen LogP contribution in [0.15, 0.2) is 48.5 Å². The fraction of sp³-hybridized carbons (Fsp3) is 0.222. The molecule has 7 heteroatoms. The largest absolute Gasteiger partial charge is 0.467 e. The van der Waals surface area contributed by atoms with Crippen LogP contribution < -0.4 is 5.32 Å². The molecule has 0 aliphatic heterocycles. The summed E-state index contributed by atoms with van der Waals surface area (Å²) < 4.78 is 4.65. The number of carbonyl (C=O) groups excluding carboxylic acids is 2. The summed E-state index contributed by atoms with van der Waals surface area (Å²) in [5, 5.41) is 13.3. The van der Waals surface area contributed by atoms with E-state index >= 15 is 0 Å². The Morgan fingerprint density at radius 2 is 1.48 bits per heavy atom. The van der Waals surface area contributed by atoms with E-state index in [1.54, 1.807) is 50.2 Å². The van der Waals surface area contributed by atoms with Gasteiger partial charge in [-0.15, -0.1) is 0 Å². The molecule has 0 radical (unpaired) electrons. The third kappa shape index (κ3) is 4.20. The van der Waals surface area contributed by atoms with Crippen molar-refractivity contribution >= 4 is 17.6 Å². The molecule has 2 aromatic carbocycles. The number of nitro groups is 1. The fourth-order valence-electron chi connectivity index (χ4n) is 2.25. The lowest BCUT2D eigenvalue weighted by atomic mass is 10.0. The molecule has 0 atom stereocenters. The number of nitro benzene ring substituents is 1. The van der Waals surface area contributed by atoms with Crippen LogP contribution in [0.2, 0.25) is 0 Å². The number of carbonyl (C=O) groups is 2. The molecule has 2 rings (SSSR count). The lowest BCUT2D eigenvalue weighted by molar-refractivity contribution is -0.384. The number of amides is 1. The second kappa shape index (κ2) is 7.12. The highest BCUT2D eigenvalue weighted by molar-refractivity contribution is 5.98. The Morgan fingerprint density at radius 1 is 1.00 bits per heavy atom. The Kier molecular flexibility index (Phi) is 5.17. The van der Waals surface area contributed by atoms with E-state index in [4.69, 9.17) is 0 Å². The number of nitrogens with one attached hydrogen (secondary N) is 1. The molecule has 0 saturated carbocycles. The first-order valence-electron chi connectivity index (χ1n) is 7.50. The standard InChI is InChI=1S/C18H18N2O5/c1-18(2,17(22)25-3)19-16(21)14-6-4-12(5-7-14)13-8-10-15(11-9-13)20(23)24/h4-11H,1-3H3,(H,19,21). The summed E-state index contributed by atoms with van der Waals surface area (Å²) in [6.07, 6.45) is 0. The molecule has 2 aromatic rings. The van der Waals surface area contributed by atoms with Gasteiger partial charge in [-0.2, -0.15) is 0 Å². The minimum atomic E-state index is -1.14. The molecule has 0 saturated heterocycles. The van der Waals surface area contributed by atoms with Crippen LogP contribution in [0.25, 0.3) is 11.1 Å². The van der Waals surface area contributed by atoms with Crippen molar-refractivity contribution in [2.24, 2.45) is 0 Å². The van der Waals surface area contributed by atoms with Crippen molar-refractivity contribution in [3.05, 3.63) is 64.2 Å². The van der Waals surface area contributed by atoms with Crippen LogP contribution >= 0.6 is 0 Å². The first kappa shape index (κ1) is 18.1. The van der Waals surface area contributed by atoms with Crippen molar-refractivity contribution in [3.63, 3.8) is 0 Å². The van der Waals surface area contributed by atoms with Crippen LogP contribution in [0, 0.1) is 10.1 Å². The van der Waals surface area contributed by atoms with Gasteiger partial charge in [-0.25, -0.2) is 4.79 Å². The summed E-state index contributed by atoms with van der Waals surface area (Å²) in [5.41, 5.74) is 0.890. The minimum absolute atomic E-state index is 0.0183. The number of esters is 1. The summed E-state index contributed by atoms with van der Waals surface area (Å²) in [6, 6.07) is 12.9. The van der Waals surface area contributed by atoms with Crippen LogP contribution in [-0.4, -0.2) is 29.4 Å². The lowest BCUT2D eigenvalue weighted by Gasteiger charge is -2.23. The van der Waals surface area contributed by atoms with Gasteiger partial charge in [0, 0.05) is 17.7 Å². The molecule has 0 heterocycles. The summed E-state index contributed by atoms with van der Waals surface area (Å²) in [6.45, 7) is 3.12. The van der Waals surface area contributed by atoms with Crippen LogP contribution in [0.1, 0.15) is 24.2 Å². The average molecular weight is 342 g/mol. The zero-order valence-electron chi connectivity index (χ0n) is 14.1. The van der Waals surface area contributed by atoms with Crippen molar-refractivity contribution in [3.8, 4) is 11.1 Å². The van der Waals surface area contributed by atoms with Crippen molar-refractivity contribution in [2.75, 3.05) is 7.11 Å². The molecule has 0 unspecified atom stereocenters. The SMILES string of the molecule is COC(=O)C(C)(C)NC(=O)c1ccc(-c2ccc([N+](=O)[O-])cc2)cc1. The predicted molar refractivity (Wildman–Crippen MR) is 92.1 cm³/mol. The predicted octanol–water partition coefficient (Wildman–Crippen LogP) is 2.94. The van der Waals surface area contributed by atoms with E-state index in [1.807, 2.05) is 0 Å². The Morgan fingerprint density at radius 3 is 1.92 bits per heavy atom. The molecule has 0 bridgehead atoms. The van der Waals surface area contributed by atoms with E-state index in [-0.39, 0.29) is 5.69 Å². The molecule has 0 spiro atoms. The quantitative estimate of drug-likeness (QED) is 0.512. The first-order chi connectivity index (χ1) is 11.7. The molecule has 130 valence electrons. The van der Waals surface area contributed by atoms with E-state index in [0.717, 1.165) is 11.1 Å². The van der Waals surface area contributed by atoms with Crippen molar-refractivity contribution in [1.29, 1.82) is 0 Å². The maximum atomic E-state index is 12.3. The third-order valence-corrected chi connectivity index (χ3v) is 3.68. The molecule has 1 amide bonds. The molecule has 0 fully saturated rings. The maximum absolute atomic E-state index is 12.3. The van der Waals surface area contributed by atoms with E-state index in [2.05, 4.69) is 10.1 Å². The minimum Gasteiger partial charge on any atom is -0.467 e. The number of ether oxygens (including phenoxy) is 1. The second-order valence-electron chi connectivity index (χ2n) is 5.95. The van der Waals surface area contributed by atoms with Gasteiger partial charge in [0.25, 0.3) is 11.6 Å². The molecular formula is C18H18N2O5. The first-order valence-corrected chi connectivity index (χ1v) is 7.50. The highest BCUT2D eigenvalue weighted by atomic mass is 16.6. The van der Waals surface area contributed by atoms with Crippen LogP contribution in [0.4, 0.5) is 5.69 Å². The zero-order valence-corrected chi connectivity index (χ0v) is 14.1. The summed E-state index contributed by atoms with van der Waals surface area (Å²) in [5.74, 6) is -0.936. The molecular weight excluding hydrogens is 324 g/mol. The van der Waals surface area contributed by atoms with E-state index < -0.39 is 22.3 Å². The number of rotatable bonds is 5. The van der Waals surface area contributed by atoms with Gasteiger partial charge in [0.15, 0.2) is 0 Å². The fourth-order valence-corrected chi connectivity index (χ4v) is 2.25. The maximum Gasteiger partial charge on any atom is 0.330 e. The smallest absolute Gasteiger partial charge is 0.330 e.